The molecule has 1 amide bonds. The molecular formula is C14H14N4O4S2. The third kappa shape index (κ3) is 2.58. The minimum absolute atomic E-state index is 0.0563. The molecule has 2 aliphatic rings. The minimum atomic E-state index is -1.19. The highest BCUT2D eigenvalue weighted by atomic mass is 32.2. The number of aliphatic hydroxyl groups is 1. The maximum absolute atomic E-state index is 12.3. The van der Waals surface area contributed by atoms with Gasteiger partial charge in [-0.25, -0.2) is 4.79 Å². The lowest BCUT2D eigenvalue weighted by Gasteiger charge is -2.46. The van der Waals surface area contributed by atoms with Gasteiger partial charge in [0.25, 0.3) is 0 Å². The summed E-state index contributed by atoms with van der Waals surface area (Å²) in [6.07, 6.45) is -0.786. The highest BCUT2D eigenvalue weighted by molar-refractivity contribution is 8.01. The lowest BCUT2D eigenvalue weighted by Crippen LogP contribution is -2.63. The number of carbonyl (C=O) groups excluding carboxylic acids is 1. The molecule has 1 aromatic rings. The van der Waals surface area contributed by atoms with E-state index in [1.807, 2.05) is 0 Å². The first-order valence-corrected chi connectivity index (χ1v) is 9.07. The van der Waals surface area contributed by atoms with Gasteiger partial charge in [-0.2, -0.15) is 5.26 Å². The van der Waals surface area contributed by atoms with Crippen molar-refractivity contribution in [3.8, 4) is 6.07 Å². The van der Waals surface area contributed by atoms with Crippen molar-refractivity contribution < 1.29 is 19.8 Å². The highest BCUT2D eigenvalue weighted by Gasteiger charge is 2.60. The molecule has 10 heteroatoms. The van der Waals surface area contributed by atoms with Gasteiger partial charge < -0.3 is 15.1 Å². The number of hydrogen-bond acceptors (Lipinski definition) is 8. The second kappa shape index (κ2) is 6.51. The third-order valence-corrected chi connectivity index (χ3v) is 6.23. The molecule has 4 atom stereocenters. The van der Waals surface area contributed by atoms with Crippen molar-refractivity contribution in [1.82, 2.24) is 15.1 Å². The predicted molar refractivity (Wildman–Crippen MR) is 84.8 cm³/mol. The first kappa shape index (κ1) is 16.9. The number of carboxylic acids is 1. The Balaban J connectivity index is 1.94. The number of aliphatic carboxylic acids is 1. The Morgan fingerprint density at radius 1 is 1.62 bits per heavy atom. The number of nitrogens with zero attached hydrogens (tertiary/aromatic N) is 4. The number of nitriles is 1. The molecule has 2 aliphatic heterocycles. The van der Waals surface area contributed by atoms with Crippen molar-refractivity contribution in [3.05, 3.63) is 16.8 Å². The van der Waals surface area contributed by atoms with Crippen LogP contribution in [0.25, 0.3) is 0 Å². The van der Waals surface area contributed by atoms with Crippen LogP contribution in [0.5, 0.6) is 0 Å². The van der Waals surface area contributed by atoms with Gasteiger partial charge in [0.1, 0.15) is 11.2 Å². The van der Waals surface area contributed by atoms with Gasteiger partial charge in [0.05, 0.1) is 24.1 Å². The second-order valence-corrected chi connectivity index (χ2v) is 7.66. The smallest absolute Gasteiger partial charge is 0.352 e. The number of β-lactam (4-membered cyclic amide) rings is 1. The quantitative estimate of drug-likeness (QED) is 0.557. The molecule has 0 radical (unpaired) electrons. The number of hydrogen-bond donors (Lipinski definition) is 2. The van der Waals surface area contributed by atoms with Crippen LogP contribution >= 0.6 is 23.1 Å². The van der Waals surface area contributed by atoms with Gasteiger partial charge in [0.15, 0.2) is 4.34 Å². The van der Waals surface area contributed by atoms with E-state index in [0.29, 0.717) is 15.7 Å². The molecule has 0 aliphatic carbocycles. The normalized spacial score (nSPS) is 26.8. The Bertz CT molecular complexity index is 740. The van der Waals surface area contributed by atoms with Crippen molar-refractivity contribution in [1.29, 1.82) is 5.26 Å². The van der Waals surface area contributed by atoms with E-state index in [0.717, 1.165) is 0 Å². The van der Waals surface area contributed by atoms with E-state index in [2.05, 4.69) is 16.3 Å². The van der Waals surface area contributed by atoms with Gasteiger partial charge in [0.2, 0.25) is 5.91 Å². The monoisotopic (exact) mass is 366 g/mol. The van der Waals surface area contributed by atoms with Crippen molar-refractivity contribution in [2.75, 3.05) is 5.75 Å². The zero-order valence-corrected chi connectivity index (χ0v) is 14.3. The zero-order chi connectivity index (χ0) is 17.4. The van der Waals surface area contributed by atoms with Crippen LogP contribution in [0.15, 0.2) is 21.1 Å². The predicted octanol–water partition coefficient (Wildman–Crippen LogP) is 0.720. The van der Waals surface area contributed by atoms with Gasteiger partial charge in [0, 0.05) is 18.1 Å². The summed E-state index contributed by atoms with van der Waals surface area (Å²) >= 11 is 2.67. The van der Waals surface area contributed by atoms with E-state index in [-0.39, 0.29) is 18.0 Å². The topological polar surface area (TPSA) is 127 Å². The molecule has 24 heavy (non-hydrogen) atoms. The van der Waals surface area contributed by atoms with E-state index < -0.39 is 29.9 Å². The molecule has 0 bridgehead atoms. The van der Waals surface area contributed by atoms with Crippen molar-refractivity contribution in [3.63, 3.8) is 0 Å². The van der Waals surface area contributed by atoms with Crippen LogP contribution in [0.2, 0.25) is 0 Å². The SMILES string of the molecule is C[C@@H](O)[C@H]1C(=O)N2C(C(=O)O)=C(CSc3nncs3)[C@H](CC#N)[C@@H]12. The number of aromatic nitrogens is 2. The fourth-order valence-electron chi connectivity index (χ4n) is 3.37. The third-order valence-electron chi connectivity index (χ3n) is 4.32. The standard InChI is InChI=1S/C14H14N4O4S2/c1-6(19)9-10-7(2-3-15)8(4-23-14-17-16-5-24-14)11(13(21)22)18(10)12(9)20/h5-7,9-10,19H,2,4H2,1H3,(H,21,22)/t6-,7+,9-,10+/m1/s1. The van der Waals surface area contributed by atoms with Crippen molar-refractivity contribution in [2.24, 2.45) is 11.8 Å². The Morgan fingerprint density at radius 3 is 2.92 bits per heavy atom. The van der Waals surface area contributed by atoms with E-state index in [9.17, 15) is 19.8 Å². The van der Waals surface area contributed by atoms with Crippen LogP contribution in [-0.2, 0) is 9.59 Å². The lowest BCUT2D eigenvalue weighted by molar-refractivity contribution is -0.163. The van der Waals surface area contributed by atoms with Crippen LogP contribution < -0.4 is 0 Å². The average molecular weight is 366 g/mol. The summed E-state index contributed by atoms with van der Waals surface area (Å²) in [4.78, 5) is 25.2. The number of carbonyl (C=O) groups is 2. The molecule has 0 spiro atoms. The van der Waals surface area contributed by atoms with Crippen LogP contribution in [-0.4, -0.2) is 55.1 Å². The maximum Gasteiger partial charge on any atom is 0.352 e. The summed E-state index contributed by atoms with van der Waals surface area (Å²) < 4.78 is 0.690. The van der Waals surface area contributed by atoms with Crippen LogP contribution in [0.1, 0.15) is 13.3 Å². The molecule has 3 rings (SSSR count). The molecule has 0 unspecified atom stereocenters. The minimum Gasteiger partial charge on any atom is -0.477 e. The fraction of sp³-hybridized carbons (Fsp3) is 0.500. The fourth-order valence-corrected chi connectivity index (χ4v) is 4.96. The van der Waals surface area contributed by atoms with E-state index in [1.165, 1.54) is 34.9 Å². The van der Waals surface area contributed by atoms with Crippen molar-refractivity contribution >= 4 is 35.0 Å². The van der Waals surface area contributed by atoms with Crippen LogP contribution in [0, 0.1) is 23.2 Å². The Labute approximate surface area is 145 Å². The van der Waals surface area contributed by atoms with Gasteiger partial charge in [-0.15, -0.1) is 10.2 Å². The van der Waals surface area contributed by atoms with Gasteiger partial charge in [-0.3, -0.25) is 4.79 Å². The second-order valence-electron chi connectivity index (χ2n) is 5.61. The number of thioether (sulfide) groups is 1. The molecular weight excluding hydrogens is 352 g/mol. The van der Waals surface area contributed by atoms with Gasteiger partial charge in [-0.1, -0.05) is 23.1 Å². The molecule has 2 N–H and O–H groups in total. The van der Waals surface area contributed by atoms with Gasteiger partial charge >= 0.3 is 5.97 Å². The number of amides is 1. The maximum atomic E-state index is 12.3. The molecule has 3 heterocycles. The largest absolute Gasteiger partial charge is 0.477 e. The molecule has 0 saturated carbocycles. The van der Waals surface area contributed by atoms with Crippen LogP contribution in [0.3, 0.4) is 0 Å². The summed E-state index contributed by atoms with van der Waals surface area (Å²) in [6.45, 7) is 1.51. The number of carboxylic acid groups (broad SMARTS) is 1. The van der Waals surface area contributed by atoms with E-state index in [4.69, 9.17) is 5.26 Å². The molecule has 1 aromatic heterocycles. The Morgan fingerprint density at radius 2 is 2.38 bits per heavy atom. The van der Waals surface area contributed by atoms with E-state index in [1.54, 1.807) is 5.51 Å². The lowest BCUT2D eigenvalue weighted by atomic mass is 9.76. The average Bonchev–Trinajstić information content (AvgIpc) is 3.10. The zero-order valence-electron chi connectivity index (χ0n) is 12.6. The number of fused-ring (bicyclic) bond motifs is 1. The highest BCUT2D eigenvalue weighted by Crippen LogP contribution is 2.49. The summed E-state index contributed by atoms with van der Waals surface area (Å²) in [7, 11) is 0. The van der Waals surface area contributed by atoms with Crippen LogP contribution in [0.4, 0.5) is 0 Å². The Kier molecular flexibility index (Phi) is 4.58. The van der Waals surface area contributed by atoms with Crippen molar-refractivity contribution in [2.45, 2.75) is 29.8 Å². The first-order chi connectivity index (χ1) is 11.5. The number of rotatable bonds is 6. The molecule has 1 saturated heterocycles. The Hall–Kier alpha value is -1.96. The summed E-state index contributed by atoms with van der Waals surface area (Å²) in [6, 6.07) is 1.61. The summed E-state index contributed by atoms with van der Waals surface area (Å²) in [5.41, 5.74) is 2.07. The molecule has 8 nitrogen and oxygen atoms in total. The molecule has 126 valence electrons. The summed E-state index contributed by atoms with van der Waals surface area (Å²) in [5, 5.41) is 36.2. The number of aliphatic hydroxyl groups excluding tert-OH is 1. The summed E-state index contributed by atoms with van der Waals surface area (Å²) in [5.74, 6) is -2.33. The first-order valence-electron chi connectivity index (χ1n) is 7.20. The van der Waals surface area contributed by atoms with E-state index >= 15 is 0 Å². The molecule has 1 fully saturated rings. The van der Waals surface area contributed by atoms with Gasteiger partial charge in [-0.05, 0) is 12.5 Å². The molecule has 0 aromatic carbocycles.